The predicted molar refractivity (Wildman–Crippen MR) is 75.2 cm³/mol. The molecule has 1 aromatic rings. The van der Waals surface area contributed by atoms with Gasteiger partial charge in [-0.2, -0.15) is 0 Å². The van der Waals surface area contributed by atoms with Gasteiger partial charge in [-0.25, -0.2) is 4.79 Å². The van der Waals surface area contributed by atoms with Gasteiger partial charge in [0, 0.05) is 0 Å². The molecule has 18 heavy (non-hydrogen) atoms. The molecule has 0 bridgehead atoms. The molecule has 0 aliphatic rings. The molecule has 0 radical (unpaired) electrons. The van der Waals surface area contributed by atoms with Crippen LogP contribution in [0.3, 0.4) is 0 Å². The molecule has 0 atom stereocenters. The van der Waals surface area contributed by atoms with Gasteiger partial charge < -0.3 is 9.47 Å². The summed E-state index contributed by atoms with van der Waals surface area (Å²) < 4.78 is 11.7. The molecule has 0 aromatic heterocycles. The zero-order chi connectivity index (χ0) is 13.9. The lowest BCUT2D eigenvalue weighted by Gasteiger charge is -2.15. The van der Waals surface area contributed by atoms with Crippen molar-refractivity contribution in [2.45, 2.75) is 46.8 Å². The van der Waals surface area contributed by atoms with Crippen LogP contribution >= 0.6 is 15.9 Å². The molecule has 0 unspecified atom stereocenters. The second-order valence-electron chi connectivity index (χ2n) is 4.73. The second-order valence-corrected chi connectivity index (χ2v) is 5.52. The molecule has 0 fully saturated rings. The number of ether oxygens (including phenoxy) is 2. The van der Waals surface area contributed by atoms with Crippen LogP contribution in [0, 0.1) is 6.92 Å². The molecule has 0 saturated carbocycles. The summed E-state index contributed by atoms with van der Waals surface area (Å²) in [7, 11) is 0. The minimum Gasteiger partial charge on any atom is -0.490 e. The first-order valence-corrected chi connectivity index (χ1v) is 6.78. The Morgan fingerprint density at radius 2 is 1.78 bits per heavy atom. The minimum atomic E-state index is -0.325. The maximum Gasteiger partial charge on any atom is 0.338 e. The van der Waals surface area contributed by atoms with Crippen molar-refractivity contribution in [2.75, 3.05) is 0 Å². The lowest BCUT2D eigenvalue weighted by atomic mass is 10.1. The maximum atomic E-state index is 11.9. The summed E-state index contributed by atoms with van der Waals surface area (Å²) in [6.45, 7) is 9.47. The number of carbonyl (C=O) groups excluding carboxylic acids is 1. The molecule has 4 heteroatoms. The van der Waals surface area contributed by atoms with Gasteiger partial charge in [-0.3, -0.25) is 0 Å². The van der Waals surface area contributed by atoms with Gasteiger partial charge in [0.1, 0.15) is 5.75 Å². The van der Waals surface area contributed by atoms with Crippen molar-refractivity contribution < 1.29 is 14.3 Å². The zero-order valence-electron chi connectivity index (χ0n) is 11.4. The summed E-state index contributed by atoms with van der Waals surface area (Å²) in [6.07, 6.45) is -0.0759. The number of hydrogen-bond acceptors (Lipinski definition) is 3. The van der Waals surface area contributed by atoms with Gasteiger partial charge in [-0.1, -0.05) is 0 Å². The Labute approximate surface area is 117 Å². The van der Waals surface area contributed by atoms with E-state index in [4.69, 9.17) is 9.47 Å². The largest absolute Gasteiger partial charge is 0.490 e. The van der Waals surface area contributed by atoms with Crippen LogP contribution in [0.1, 0.15) is 43.6 Å². The quantitative estimate of drug-likeness (QED) is 0.784. The fraction of sp³-hybridized carbons (Fsp3) is 0.500. The first-order valence-electron chi connectivity index (χ1n) is 5.99. The summed E-state index contributed by atoms with van der Waals surface area (Å²) in [5, 5.41) is 0. The van der Waals surface area contributed by atoms with Crippen molar-refractivity contribution in [1.82, 2.24) is 0 Å². The van der Waals surface area contributed by atoms with Gasteiger partial charge in [0.2, 0.25) is 0 Å². The molecule has 0 heterocycles. The summed E-state index contributed by atoms with van der Waals surface area (Å²) in [5.41, 5.74) is 1.46. The highest BCUT2D eigenvalue weighted by Crippen LogP contribution is 2.31. The van der Waals surface area contributed by atoms with Crippen LogP contribution in [0.2, 0.25) is 0 Å². The Balaban J connectivity index is 3.07. The molecule has 1 aromatic carbocycles. The van der Waals surface area contributed by atoms with Gasteiger partial charge in [-0.05, 0) is 68.2 Å². The van der Waals surface area contributed by atoms with E-state index in [0.29, 0.717) is 11.3 Å². The van der Waals surface area contributed by atoms with E-state index in [1.165, 1.54) is 0 Å². The van der Waals surface area contributed by atoms with E-state index < -0.39 is 0 Å². The number of esters is 1. The van der Waals surface area contributed by atoms with Crippen LogP contribution in [0.4, 0.5) is 0 Å². The van der Waals surface area contributed by atoms with Gasteiger partial charge in [0.05, 0.1) is 22.2 Å². The van der Waals surface area contributed by atoms with Crippen molar-refractivity contribution >= 4 is 21.9 Å². The average Bonchev–Trinajstić information content (AvgIpc) is 2.22. The first kappa shape index (κ1) is 15.0. The molecule has 1 rings (SSSR count). The molecular weight excluding hydrogens is 296 g/mol. The number of benzene rings is 1. The third-order valence-corrected chi connectivity index (χ3v) is 3.18. The van der Waals surface area contributed by atoms with E-state index in [1.54, 1.807) is 12.1 Å². The Bertz CT molecular complexity index is 439. The molecule has 0 N–H and O–H groups in total. The molecule has 0 amide bonds. The van der Waals surface area contributed by atoms with Gasteiger partial charge in [-0.15, -0.1) is 0 Å². The van der Waals surface area contributed by atoms with Crippen molar-refractivity contribution in [3.63, 3.8) is 0 Å². The van der Waals surface area contributed by atoms with Crippen LogP contribution in [0.15, 0.2) is 16.6 Å². The Kier molecular flexibility index (Phi) is 5.20. The third kappa shape index (κ3) is 4.02. The van der Waals surface area contributed by atoms with E-state index in [1.807, 2.05) is 34.6 Å². The standard InChI is InChI=1S/C14H19BrO3/c1-8(2)17-12-7-11(6-10(5)13(12)15)14(16)18-9(3)4/h6-9H,1-5H3. The van der Waals surface area contributed by atoms with E-state index in [0.717, 1.165) is 10.0 Å². The molecule has 100 valence electrons. The van der Waals surface area contributed by atoms with Crippen LogP contribution in [0.25, 0.3) is 0 Å². The van der Waals surface area contributed by atoms with Crippen LogP contribution in [-0.2, 0) is 4.74 Å². The van der Waals surface area contributed by atoms with E-state index in [9.17, 15) is 4.79 Å². The molecule has 3 nitrogen and oxygen atoms in total. The fourth-order valence-electron chi connectivity index (χ4n) is 1.48. The topological polar surface area (TPSA) is 35.5 Å². The van der Waals surface area contributed by atoms with Crippen LogP contribution in [0.5, 0.6) is 5.75 Å². The summed E-state index contributed by atoms with van der Waals surface area (Å²) in [6, 6.07) is 3.50. The third-order valence-electron chi connectivity index (χ3n) is 2.16. The predicted octanol–water partition coefficient (Wildman–Crippen LogP) is 4.11. The van der Waals surface area contributed by atoms with E-state index in [-0.39, 0.29) is 18.2 Å². The van der Waals surface area contributed by atoms with Crippen LogP contribution < -0.4 is 4.74 Å². The molecule has 0 aliphatic heterocycles. The van der Waals surface area contributed by atoms with E-state index in [2.05, 4.69) is 15.9 Å². The molecule has 0 spiro atoms. The second kappa shape index (κ2) is 6.23. The number of rotatable bonds is 4. The number of aryl methyl sites for hydroxylation is 1. The zero-order valence-corrected chi connectivity index (χ0v) is 13.0. The normalized spacial score (nSPS) is 10.9. The van der Waals surface area contributed by atoms with Gasteiger partial charge in [0.25, 0.3) is 0 Å². The molecule has 0 aliphatic carbocycles. The Hall–Kier alpha value is -1.03. The van der Waals surface area contributed by atoms with Crippen molar-refractivity contribution in [1.29, 1.82) is 0 Å². The number of halogens is 1. The Morgan fingerprint density at radius 3 is 2.28 bits per heavy atom. The fourth-order valence-corrected chi connectivity index (χ4v) is 1.80. The number of hydrogen-bond donors (Lipinski definition) is 0. The van der Waals surface area contributed by atoms with Crippen LogP contribution in [-0.4, -0.2) is 18.2 Å². The van der Waals surface area contributed by atoms with Crippen molar-refractivity contribution in [3.05, 3.63) is 27.7 Å². The summed E-state index contributed by atoms with van der Waals surface area (Å²) in [5.74, 6) is 0.343. The highest BCUT2D eigenvalue weighted by atomic mass is 79.9. The smallest absolute Gasteiger partial charge is 0.338 e. The maximum absolute atomic E-state index is 11.9. The van der Waals surface area contributed by atoms with Gasteiger partial charge >= 0.3 is 5.97 Å². The highest BCUT2D eigenvalue weighted by Gasteiger charge is 2.15. The average molecular weight is 315 g/mol. The van der Waals surface area contributed by atoms with Gasteiger partial charge in [0.15, 0.2) is 0 Å². The number of carbonyl (C=O) groups is 1. The Morgan fingerprint density at radius 1 is 1.17 bits per heavy atom. The SMILES string of the molecule is Cc1cc(C(=O)OC(C)C)cc(OC(C)C)c1Br. The molecule has 0 saturated heterocycles. The summed E-state index contributed by atoms with van der Waals surface area (Å²) in [4.78, 5) is 11.9. The lowest BCUT2D eigenvalue weighted by Crippen LogP contribution is -2.13. The molecular formula is C14H19BrO3. The highest BCUT2D eigenvalue weighted by molar-refractivity contribution is 9.10. The lowest BCUT2D eigenvalue weighted by molar-refractivity contribution is 0.0377. The van der Waals surface area contributed by atoms with Crippen molar-refractivity contribution in [2.24, 2.45) is 0 Å². The monoisotopic (exact) mass is 314 g/mol. The summed E-state index contributed by atoms with van der Waals surface area (Å²) >= 11 is 3.47. The van der Waals surface area contributed by atoms with Crippen molar-refractivity contribution in [3.8, 4) is 5.75 Å². The minimum absolute atomic E-state index is 0.0528. The first-order chi connectivity index (χ1) is 8.31. The van der Waals surface area contributed by atoms with E-state index >= 15 is 0 Å².